The standard InChI is InChI=1S/C20H21NO4/c22-18(16-13-15(16)17-7-4-12-25-17)21-10-8-20(9-11-21,19(23)24)14-5-2-1-3-6-14/h1-7,12,15-16H,8-11,13H2,(H,23,24)/t15-,16-/m0/s1. The topological polar surface area (TPSA) is 70.8 Å². The molecule has 130 valence electrons. The van der Waals surface area contributed by atoms with E-state index >= 15 is 0 Å². The molecule has 1 aromatic carbocycles. The summed E-state index contributed by atoms with van der Waals surface area (Å²) in [5.41, 5.74) is -0.0587. The van der Waals surface area contributed by atoms with Gasteiger partial charge in [0.2, 0.25) is 5.91 Å². The second-order valence-corrected chi connectivity index (χ2v) is 7.04. The molecule has 1 N–H and O–H groups in total. The predicted octanol–water partition coefficient (Wildman–Crippen LogP) is 3.03. The van der Waals surface area contributed by atoms with E-state index < -0.39 is 11.4 Å². The van der Waals surface area contributed by atoms with E-state index in [1.807, 2.05) is 47.4 Å². The van der Waals surface area contributed by atoms with Gasteiger partial charge >= 0.3 is 5.97 Å². The summed E-state index contributed by atoms with van der Waals surface area (Å²) in [5, 5.41) is 9.84. The van der Waals surface area contributed by atoms with Crippen molar-refractivity contribution in [1.29, 1.82) is 0 Å². The molecular formula is C20H21NO4. The van der Waals surface area contributed by atoms with Crippen molar-refractivity contribution in [3.8, 4) is 0 Å². The fourth-order valence-electron chi connectivity index (χ4n) is 4.01. The molecular weight excluding hydrogens is 318 g/mol. The zero-order valence-electron chi connectivity index (χ0n) is 13.9. The Bertz CT molecular complexity index is 760. The molecule has 2 fully saturated rings. The summed E-state index contributed by atoms with van der Waals surface area (Å²) >= 11 is 0. The lowest BCUT2D eigenvalue weighted by Gasteiger charge is -2.39. The van der Waals surface area contributed by atoms with Gasteiger partial charge in [-0.15, -0.1) is 0 Å². The monoisotopic (exact) mass is 339 g/mol. The smallest absolute Gasteiger partial charge is 0.314 e. The molecule has 0 spiro atoms. The number of furan rings is 1. The van der Waals surface area contributed by atoms with E-state index in [1.54, 1.807) is 6.26 Å². The molecule has 25 heavy (non-hydrogen) atoms. The summed E-state index contributed by atoms with van der Waals surface area (Å²) < 4.78 is 5.40. The normalized spacial score (nSPS) is 24.7. The second-order valence-electron chi connectivity index (χ2n) is 7.04. The molecule has 1 aromatic heterocycles. The highest BCUT2D eigenvalue weighted by Crippen LogP contribution is 2.49. The van der Waals surface area contributed by atoms with Crippen LogP contribution in [0.3, 0.4) is 0 Å². The molecule has 0 radical (unpaired) electrons. The van der Waals surface area contributed by atoms with Gasteiger partial charge in [-0.1, -0.05) is 30.3 Å². The van der Waals surface area contributed by atoms with Gasteiger partial charge in [0.05, 0.1) is 11.7 Å². The highest BCUT2D eigenvalue weighted by molar-refractivity contribution is 5.85. The fourth-order valence-corrected chi connectivity index (χ4v) is 4.01. The number of nitrogens with zero attached hydrogens (tertiary/aromatic N) is 1. The number of carbonyl (C=O) groups is 2. The summed E-state index contributed by atoms with van der Waals surface area (Å²) in [7, 11) is 0. The van der Waals surface area contributed by atoms with Crippen LogP contribution in [0.4, 0.5) is 0 Å². The summed E-state index contributed by atoms with van der Waals surface area (Å²) in [4.78, 5) is 26.5. The Morgan fingerprint density at radius 3 is 2.40 bits per heavy atom. The maximum absolute atomic E-state index is 12.7. The van der Waals surface area contributed by atoms with Crippen molar-refractivity contribution in [2.75, 3.05) is 13.1 Å². The maximum Gasteiger partial charge on any atom is 0.314 e. The highest BCUT2D eigenvalue weighted by Gasteiger charge is 2.50. The number of carboxylic acids is 1. The molecule has 5 heteroatoms. The first-order valence-electron chi connectivity index (χ1n) is 8.73. The molecule has 1 aliphatic heterocycles. The zero-order valence-corrected chi connectivity index (χ0v) is 13.9. The van der Waals surface area contributed by atoms with Crippen LogP contribution < -0.4 is 0 Å². The van der Waals surface area contributed by atoms with Gasteiger partial charge in [0.1, 0.15) is 5.76 Å². The van der Waals surface area contributed by atoms with E-state index in [0.717, 1.165) is 17.7 Å². The lowest BCUT2D eigenvalue weighted by atomic mass is 9.73. The molecule has 0 unspecified atom stereocenters. The zero-order chi connectivity index (χ0) is 17.4. The van der Waals surface area contributed by atoms with Crippen LogP contribution in [-0.4, -0.2) is 35.0 Å². The van der Waals surface area contributed by atoms with Gasteiger partial charge in [-0.25, -0.2) is 0 Å². The third-order valence-electron chi connectivity index (χ3n) is 5.68. The minimum Gasteiger partial charge on any atom is -0.481 e. The number of rotatable bonds is 4. The first kappa shape index (κ1) is 15.9. The van der Waals surface area contributed by atoms with E-state index in [-0.39, 0.29) is 17.7 Å². The van der Waals surface area contributed by atoms with Crippen LogP contribution in [0.1, 0.15) is 36.5 Å². The Balaban J connectivity index is 1.44. The molecule has 0 bridgehead atoms. The second kappa shape index (κ2) is 6.06. The number of carboxylic acid groups (broad SMARTS) is 1. The number of likely N-dealkylation sites (tertiary alicyclic amines) is 1. The van der Waals surface area contributed by atoms with Crippen LogP contribution in [0, 0.1) is 5.92 Å². The van der Waals surface area contributed by atoms with Crippen molar-refractivity contribution < 1.29 is 19.1 Å². The molecule has 1 saturated carbocycles. The van der Waals surface area contributed by atoms with Crippen LogP contribution in [-0.2, 0) is 15.0 Å². The Kier molecular flexibility index (Phi) is 3.86. The third-order valence-corrected chi connectivity index (χ3v) is 5.68. The lowest BCUT2D eigenvalue weighted by Crippen LogP contribution is -2.49. The van der Waals surface area contributed by atoms with Gasteiger partial charge in [-0.05, 0) is 37.0 Å². The average molecular weight is 339 g/mol. The minimum absolute atomic E-state index is 0.0137. The van der Waals surface area contributed by atoms with Crippen molar-refractivity contribution >= 4 is 11.9 Å². The number of amides is 1. The maximum atomic E-state index is 12.7. The SMILES string of the molecule is O=C([C@H]1C[C@@H]1c1ccco1)N1CCC(C(=O)O)(c2ccccc2)CC1. The van der Waals surface area contributed by atoms with E-state index in [2.05, 4.69) is 0 Å². The van der Waals surface area contributed by atoms with Crippen LogP contribution >= 0.6 is 0 Å². The Morgan fingerprint density at radius 1 is 1.08 bits per heavy atom. The predicted molar refractivity (Wildman–Crippen MR) is 91.1 cm³/mol. The van der Waals surface area contributed by atoms with E-state index in [1.165, 1.54) is 0 Å². The molecule has 5 nitrogen and oxygen atoms in total. The van der Waals surface area contributed by atoms with E-state index in [9.17, 15) is 14.7 Å². The summed E-state index contributed by atoms with van der Waals surface area (Å²) in [6.07, 6.45) is 3.37. The van der Waals surface area contributed by atoms with E-state index in [4.69, 9.17) is 4.42 Å². The largest absolute Gasteiger partial charge is 0.481 e. The third kappa shape index (κ3) is 2.73. The number of piperidine rings is 1. The minimum atomic E-state index is -0.887. The summed E-state index contributed by atoms with van der Waals surface area (Å²) in [5.74, 6) is 0.377. The average Bonchev–Trinajstić information content (AvgIpc) is 3.26. The molecule has 2 aliphatic rings. The summed E-state index contributed by atoms with van der Waals surface area (Å²) in [6, 6.07) is 13.1. The first-order chi connectivity index (χ1) is 12.1. The van der Waals surface area contributed by atoms with Crippen molar-refractivity contribution in [1.82, 2.24) is 4.90 Å². The number of carbonyl (C=O) groups excluding carboxylic acids is 1. The highest BCUT2D eigenvalue weighted by atomic mass is 16.4. The van der Waals surface area contributed by atoms with Crippen LogP contribution in [0.5, 0.6) is 0 Å². The number of aliphatic carboxylic acids is 1. The Labute approximate surface area is 146 Å². The van der Waals surface area contributed by atoms with E-state index in [0.29, 0.717) is 25.9 Å². The van der Waals surface area contributed by atoms with Gasteiger partial charge in [0, 0.05) is 24.9 Å². The van der Waals surface area contributed by atoms with Crippen molar-refractivity contribution in [3.63, 3.8) is 0 Å². The van der Waals surface area contributed by atoms with Gasteiger partial charge in [-0.2, -0.15) is 0 Å². The Hall–Kier alpha value is -2.56. The Morgan fingerprint density at radius 2 is 1.80 bits per heavy atom. The molecule has 1 amide bonds. The fraction of sp³-hybridized carbons (Fsp3) is 0.400. The van der Waals surface area contributed by atoms with Crippen LogP contribution in [0.25, 0.3) is 0 Å². The number of benzene rings is 1. The number of hydrogen-bond acceptors (Lipinski definition) is 3. The molecule has 2 heterocycles. The molecule has 1 aliphatic carbocycles. The van der Waals surface area contributed by atoms with Gasteiger partial charge in [-0.3, -0.25) is 9.59 Å². The lowest BCUT2D eigenvalue weighted by molar-refractivity contribution is -0.148. The number of hydrogen-bond donors (Lipinski definition) is 1. The van der Waals surface area contributed by atoms with Gasteiger partial charge < -0.3 is 14.4 Å². The van der Waals surface area contributed by atoms with Gasteiger partial charge in [0.25, 0.3) is 0 Å². The molecule has 1 saturated heterocycles. The van der Waals surface area contributed by atoms with Crippen LogP contribution in [0.2, 0.25) is 0 Å². The first-order valence-corrected chi connectivity index (χ1v) is 8.73. The molecule has 2 aromatic rings. The van der Waals surface area contributed by atoms with Gasteiger partial charge in [0.15, 0.2) is 0 Å². The van der Waals surface area contributed by atoms with Crippen LogP contribution in [0.15, 0.2) is 53.1 Å². The quantitative estimate of drug-likeness (QED) is 0.929. The molecule has 4 rings (SSSR count). The summed E-state index contributed by atoms with van der Waals surface area (Å²) in [6.45, 7) is 0.975. The molecule has 2 atom stereocenters. The van der Waals surface area contributed by atoms with Crippen molar-refractivity contribution in [2.45, 2.75) is 30.6 Å². The van der Waals surface area contributed by atoms with Crippen molar-refractivity contribution in [2.24, 2.45) is 5.92 Å². The van der Waals surface area contributed by atoms with Crippen molar-refractivity contribution in [3.05, 3.63) is 60.1 Å².